The summed E-state index contributed by atoms with van der Waals surface area (Å²) in [5, 5.41) is -0.773. The van der Waals surface area contributed by atoms with Gasteiger partial charge in [0.25, 0.3) is 0 Å². The first-order valence-electron chi connectivity index (χ1n) is 5.35. The second kappa shape index (κ2) is 5.90. The first kappa shape index (κ1) is 13.8. The molecular weight excluding hydrogens is 248 g/mol. The highest BCUT2D eigenvalue weighted by molar-refractivity contribution is 7.93. The summed E-state index contributed by atoms with van der Waals surface area (Å²) < 4.78 is 31.7. The van der Waals surface area contributed by atoms with Crippen LogP contribution in [0.5, 0.6) is 0 Å². The maximum absolute atomic E-state index is 12.0. The molecule has 1 unspecified atom stereocenters. The van der Waals surface area contributed by atoms with Crippen molar-refractivity contribution >= 4 is 27.2 Å². The molecule has 0 bridgehead atoms. The van der Waals surface area contributed by atoms with Gasteiger partial charge in [-0.25, -0.2) is 13.1 Å². The maximum atomic E-state index is 12.0. The van der Waals surface area contributed by atoms with Crippen LogP contribution in [0.3, 0.4) is 0 Å². The van der Waals surface area contributed by atoms with Gasteiger partial charge < -0.3 is 10.5 Å². The number of thiocarbonyl (C=S) groups is 1. The van der Waals surface area contributed by atoms with E-state index in [9.17, 15) is 8.42 Å². The fourth-order valence-electron chi connectivity index (χ4n) is 1.70. The molecule has 1 atom stereocenters. The Balaban J connectivity index is 2.65. The topological polar surface area (TPSA) is 81.4 Å². The van der Waals surface area contributed by atoms with Gasteiger partial charge in [0.15, 0.2) is 0 Å². The molecule has 7 heteroatoms. The summed E-state index contributed by atoms with van der Waals surface area (Å²) in [6.45, 7) is 2.95. The minimum atomic E-state index is -3.44. The molecule has 1 aliphatic heterocycles. The van der Waals surface area contributed by atoms with Gasteiger partial charge in [0.1, 0.15) is 5.25 Å². The van der Waals surface area contributed by atoms with Gasteiger partial charge in [-0.3, -0.25) is 0 Å². The molecule has 16 heavy (non-hydrogen) atoms. The van der Waals surface area contributed by atoms with Gasteiger partial charge in [-0.15, -0.1) is 0 Å². The second-order valence-electron chi connectivity index (χ2n) is 3.85. The first-order chi connectivity index (χ1) is 7.47. The van der Waals surface area contributed by atoms with E-state index in [1.54, 1.807) is 6.92 Å². The Labute approximate surface area is 102 Å². The van der Waals surface area contributed by atoms with E-state index in [4.69, 9.17) is 22.7 Å². The molecule has 0 saturated carbocycles. The van der Waals surface area contributed by atoms with E-state index >= 15 is 0 Å². The monoisotopic (exact) mass is 266 g/mol. The standard InChI is InChI=1S/C9H18N2O3S2/c1-2-8(9(10)15)16(12,13)11-7-3-5-14-6-4-7/h7-8,11H,2-6H2,1H3,(H2,10,15). The molecule has 0 aromatic heterocycles. The molecule has 0 spiro atoms. The third-order valence-corrected chi connectivity index (χ3v) is 5.05. The number of ether oxygens (including phenoxy) is 1. The predicted octanol–water partition coefficient (Wildman–Crippen LogP) is 0.150. The van der Waals surface area contributed by atoms with Gasteiger partial charge in [0.05, 0.1) is 4.99 Å². The fraction of sp³-hybridized carbons (Fsp3) is 0.889. The maximum Gasteiger partial charge on any atom is 0.221 e. The van der Waals surface area contributed by atoms with E-state index in [2.05, 4.69) is 4.72 Å². The summed E-state index contributed by atoms with van der Waals surface area (Å²) in [4.78, 5) is 0.0297. The lowest BCUT2D eigenvalue weighted by Gasteiger charge is -2.25. The number of sulfonamides is 1. The number of nitrogens with two attached hydrogens (primary N) is 1. The van der Waals surface area contributed by atoms with Crippen LogP contribution in [-0.2, 0) is 14.8 Å². The fourth-order valence-corrected chi connectivity index (χ4v) is 3.86. The van der Waals surface area contributed by atoms with E-state index in [1.807, 2.05) is 0 Å². The second-order valence-corrected chi connectivity index (χ2v) is 6.21. The van der Waals surface area contributed by atoms with Crippen LogP contribution < -0.4 is 10.5 Å². The van der Waals surface area contributed by atoms with Crippen LogP contribution in [0.1, 0.15) is 26.2 Å². The highest BCUT2D eigenvalue weighted by atomic mass is 32.2. The van der Waals surface area contributed by atoms with Crippen LogP contribution >= 0.6 is 12.2 Å². The Morgan fingerprint density at radius 3 is 2.56 bits per heavy atom. The average Bonchev–Trinajstić information content (AvgIpc) is 2.18. The van der Waals surface area contributed by atoms with Crippen molar-refractivity contribution in [3.63, 3.8) is 0 Å². The molecule has 0 aromatic rings. The molecule has 1 fully saturated rings. The van der Waals surface area contributed by atoms with Crippen LogP contribution in [-0.4, -0.2) is 37.9 Å². The molecule has 1 rings (SSSR count). The summed E-state index contributed by atoms with van der Waals surface area (Å²) >= 11 is 4.77. The number of hydrogen-bond donors (Lipinski definition) is 2. The summed E-state index contributed by atoms with van der Waals surface area (Å²) in [5.41, 5.74) is 5.43. The Hall–Kier alpha value is -0.240. The Kier molecular flexibility index (Phi) is 5.10. The summed E-state index contributed by atoms with van der Waals surface area (Å²) in [5.74, 6) is 0. The lowest BCUT2D eigenvalue weighted by atomic mass is 10.1. The summed E-state index contributed by atoms with van der Waals surface area (Å²) in [6, 6.07) is -0.0536. The predicted molar refractivity (Wildman–Crippen MR) is 66.8 cm³/mol. The van der Waals surface area contributed by atoms with Crippen molar-refractivity contribution in [3.8, 4) is 0 Å². The van der Waals surface area contributed by atoms with Crippen LogP contribution in [0, 0.1) is 0 Å². The first-order valence-corrected chi connectivity index (χ1v) is 7.31. The molecule has 0 aliphatic carbocycles. The third-order valence-electron chi connectivity index (χ3n) is 2.61. The van der Waals surface area contributed by atoms with Gasteiger partial charge in [-0.05, 0) is 19.3 Å². The van der Waals surface area contributed by atoms with Crippen molar-refractivity contribution in [2.45, 2.75) is 37.5 Å². The SMILES string of the molecule is CCC(C(N)=S)S(=O)(=O)NC1CCOCC1. The van der Waals surface area contributed by atoms with E-state index in [1.165, 1.54) is 0 Å². The summed E-state index contributed by atoms with van der Waals surface area (Å²) in [7, 11) is -3.44. The minimum absolute atomic E-state index is 0.0297. The number of hydrogen-bond acceptors (Lipinski definition) is 4. The van der Waals surface area contributed by atoms with Crippen molar-refractivity contribution in [3.05, 3.63) is 0 Å². The quantitative estimate of drug-likeness (QED) is 0.692. The molecule has 3 N–H and O–H groups in total. The number of nitrogens with one attached hydrogen (secondary N) is 1. The highest BCUT2D eigenvalue weighted by Crippen LogP contribution is 2.11. The van der Waals surface area contributed by atoms with Gasteiger partial charge in [0.2, 0.25) is 10.0 Å². The van der Waals surface area contributed by atoms with E-state index in [0.717, 1.165) is 0 Å². The van der Waals surface area contributed by atoms with E-state index in [0.29, 0.717) is 32.5 Å². The van der Waals surface area contributed by atoms with Crippen LogP contribution in [0.15, 0.2) is 0 Å². The number of rotatable bonds is 5. The molecule has 1 saturated heterocycles. The van der Waals surface area contributed by atoms with E-state index in [-0.39, 0.29) is 11.0 Å². The Bertz CT molecular complexity index is 337. The molecule has 94 valence electrons. The Morgan fingerprint density at radius 1 is 1.56 bits per heavy atom. The largest absolute Gasteiger partial charge is 0.392 e. The van der Waals surface area contributed by atoms with Gasteiger partial charge >= 0.3 is 0 Å². The lowest BCUT2D eigenvalue weighted by molar-refractivity contribution is 0.0832. The highest BCUT2D eigenvalue weighted by Gasteiger charge is 2.29. The molecule has 1 aliphatic rings. The van der Waals surface area contributed by atoms with Gasteiger partial charge in [0, 0.05) is 19.3 Å². The zero-order valence-corrected chi connectivity index (χ0v) is 10.9. The van der Waals surface area contributed by atoms with Gasteiger partial charge in [-0.1, -0.05) is 19.1 Å². The van der Waals surface area contributed by atoms with Crippen LogP contribution in [0.4, 0.5) is 0 Å². The zero-order valence-electron chi connectivity index (χ0n) is 9.31. The minimum Gasteiger partial charge on any atom is -0.392 e. The van der Waals surface area contributed by atoms with E-state index < -0.39 is 15.3 Å². The third kappa shape index (κ3) is 3.65. The smallest absolute Gasteiger partial charge is 0.221 e. The lowest BCUT2D eigenvalue weighted by Crippen LogP contribution is -2.47. The zero-order chi connectivity index (χ0) is 12.2. The van der Waals surface area contributed by atoms with Crippen LogP contribution in [0.25, 0.3) is 0 Å². The van der Waals surface area contributed by atoms with Crippen molar-refractivity contribution < 1.29 is 13.2 Å². The molecular formula is C9H18N2O3S2. The Morgan fingerprint density at radius 2 is 2.12 bits per heavy atom. The van der Waals surface area contributed by atoms with Crippen molar-refractivity contribution in [1.29, 1.82) is 0 Å². The molecule has 5 nitrogen and oxygen atoms in total. The van der Waals surface area contributed by atoms with Gasteiger partial charge in [-0.2, -0.15) is 0 Å². The molecule has 0 radical (unpaired) electrons. The molecule has 1 heterocycles. The molecule has 0 amide bonds. The normalized spacial score (nSPS) is 20.6. The van der Waals surface area contributed by atoms with Crippen LogP contribution in [0.2, 0.25) is 0 Å². The van der Waals surface area contributed by atoms with Crippen molar-refractivity contribution in [1.82, 2.24) is 4.72 Å². The summed E-state index contributed by atoms with van der Waals surface area (Å²) in [6.07, 6.45) is 1.80. The van der Waals surface area contributed by atoms with Crippen molar-refractivity contribution in [2.24, 2.45) is 5.73 Å². The van der Waals surface area contributed by atoms with Crippen molar-refractivity contribution in [2.75, 3.05) is 13.2 Å². The molecule has 0 aromatic carbocycles. The average molecular weight is 266 g/mol.